The van der Waals surface area contributed by atoms with Gasteiger partial charge >= 0.3 is 0 Å². The lowest BCUT2D eigenvalue weighted by Gasteiger charge is -2.25. The number of fused-ring (bicyclic) bond motifs is 2. The smallest absolute Gasteiger partial charge is 0.176 e. The van der Waals surface area contributed by atoms with Crippen molar-refractivity contribution in [3.63, 3.8) is 0 Å². The first kappa shape index (κ1) is 10.0. The monoisotopic (exact) mass is 215 g/mol. The molecule has 1 heterocycles. The SMILES string of the molecule is O=C(CN1CC2CCC1C2)c1ccccc1. The van der Waals surface area contributed by atoms with E-state index in [9.17, 15) is 4.79 Å². The van der Waals surface area contributed by atoms with Crippen LogP contribution in [-0.2, 0) is 0 Å². The quantitative estimate of drug-likeness (QED) is 0.721. The zero-order valence-corrected chi connectivity index (χ0v) is 9.43. The Hall–Kier alpha value is -1.15. The highest BCUT2D eigenvalue weighted by molar-refractivity contribution is 5.97. The van der Waals surface area contributed by atoms with Crippen LogP contribution in [0.15, 0.2) is 30.3 Å². The van der Waals surface area contributed by atoms with E-state index in [1.54, 1.807) is 0 Å². The summed E-state index contributed by atoms with van der Waals surface area (Å²) >= 11 is 0. The fraction of sp³-hybridized carbons (Fsp3) is 0.500. The van der Waals surface area contributed by atoms with E-state index in [-0.39, 0.29) is 5.78 Å². The molecule has 0 aromatic heterocycles. The third-order valence-corrected chi connectivity index (χ3v) is 3.97. The van der Waals surface area contributed by atoms with Crippen molar-refractivity contribution in [2.24, 2.45) is 5.92 Å². The van der Waals surface area contributed by atoms with E-state index in [1.807, 2.05) is 30.3 Å². The topological polar surface area (TPSA) is 20.3 Å². The van der Waals surface area contributed by atoms with Gasteiger partial charge in [0.1, 0.15) is 0 Å². The number of Topliss-reactive ketones (excluding diaryl/α,β-unsaturated/α-hetero) is 1. The van der Waals surface area contributed by atoms with Crippen LogP contribution < -0.4 is 0 Å². The van der Waals surface area contributed by atoms with E-state index in [4.69, 9.17) is 0 Å². The number of ketones is 1. The minimum Gasteiger partial charge on any atom is -0.293 e. The van der Waals surface area contributed by atoms with E-state index in [1.165, 1.54) is 19.3 Å². The molecular formula is C14H17NO. The molecule has 2 nitrogen and oxygen atoms in total. The second kappa shape index (κ2) is 4.02. The van der Waals surface area contributed by atoms with E-state index < -0.39 is 0 Å². The van der Waals surface area contributed by atoms with Crippen molar-refractivity contribution >= 4 is 5.78 Å². The molecule has 2 aliphatic rings. The molecule has 2 unspecified atom stereocenters. The highest BCUT2D eigenvalue weighted by atomic mass is 16.1. The minimum atomic E-state index is 0.271. The Morgan fingerprint density at radius 3 is 2.69 bits per heavy atom. The van der Waals surface area contributed by atoms with Gasteiger partial charge in [0.05, 0.1) is 6.54 Å². The highest BCUT2D eigenvalue weighted by Crippen LogP contribution is 2.37. The van der Waals surface area contributed by atoms with E-state index in [2.05, 4.69) is 4.90 Å². The first-order chi connectivity index (χ1) is 7.83. The lowest BCUT2D eigenvalue weighted by molar-refractivity contribution is 0.0905. The predicted octanol–water partition coefficient (Wildman–Crippen LogP) is 2.35. The minimum absolute atomic E-state index is 0.271. The summed E-state index contributed by atoms with van der Waals surface area (Å²) in [6.45, 7) is 1.76. The van der Waals surface area contributed by atoms with Gasteiger partial charge in [-0.05, 0) is 25.2 Å². The number of piperidine rings is 1. The Kier molecular flexibility index (Phi) is 2.52. The molecule has 16 heavy (non-hydrogen) atoms. The summed E-state index contributed by atoms with van der Waals surface area (Å²) < 4.78 is 0. The van der Waals surface area contributed by atoms with Gasteiger partial charge < -0.3 is 0 Å². The van der Waals surface area contributed by atoms with Crippen molar-refractivity contribution in [3.8, 4) is 0 Å². The summed E-state index contributed by atoms with van der Waals surface area (Å²) in [6.07, 6.45) is 4.00. The van der Waals surface area contributed by atoms with E-state index in [0.29, 0.717) is 12.6 Å². The molecule has 1 saturated heterocycles. The molecular weight excluding hydrogens is 198 g/mol. The molecule has 2 bridgehead atoms. The molecule has 3 rings (SSSR count). The van der Waals surface area contributed by atoms with Gasteiger partial charge in [-0.25, -0.2) is 0 Å². The summed E-state index contributed by atoms with van der Waals surface area (Å²) in [5, 5.41) is 0. The summed E-state index contributed by atoms with van der Waals surface area (Å²) in [7, 11) is 0. The molecule has 1 aromatic rings. The molecule has 1 aliphatic carbocycles. The van der Waals surface area contributed by atoms with Gasteiger partial charge in [0.2, 0.25) is 0 Å². The first-order valence-electron chi connectivity index (χ1n) is 6.15. The maximum Gasteiger partial charge on any atom is 0.176 e. The van der Waals surface area contributed by atoms with Gasteiger partial charge in [0, 0.05) is 18.2 Å². The van der Waals surface area contributed by atoms with Crippen molar-refractivity contribution in [2.45, 2.75) is 25.3 Å². The van der Waals surface area contributed by atoms with Crippen LogP contribution in [0.4, 0.5) is 0 Å². The lowest BCUT2D eigenvalue weighted by atomic mass is 10.1. The van der Waals surface area contributed by atoms with E-state index in [0.717, 1.165) is 18.0 Å². The molecule has 2 fully saturated rings. The summed E-state index contributed by atoms with van der Waals surface area (Å²) in [6, 6.07) is 10.3. The van der Waals surface area contributed by atoms with Crippen molar-refractivity contribution in [1.29, 1.82) is 0 Å². The van der Waals surface area contributed by atoms with E-state index >= 15 is 0 Å². The van der Waals surface area contributed by atoms with Crippen molar-refractivity contribution in [1.82, 2.24) is 4.90 Å². The second-order valence-corrected chi connectivity index (χ2v) is 5.05. The Labute approximate surface area is 96.3 Å². The number of hydrogen-bond acceptors (Lipinski definition) is 2. The van der Waals surface area contributed by atoms with Crippen LogP contribution in [-0.4, -0.2) is 29.8 Å². The summed E-state index contributed by atoms with van der Waals surface area (Å²) in [4.78, 5) is 14.4. The molecule has 84 valence electrons. The van der Waals surface area contributed by atoms with Crippen LogP contribution in [0, 0.1) is 5.92 Å². The molecule has 0 spiro atoms. The van der Waals surface area contributed by atoms with Gasteiger partial charge in [0.25, 0.3) is 0 Å². The Bertz CT molecular complexity index is 387. The number of nitrogens with zero attached hydrogens (tertiary/aromatic N) is 1. The fourth-order valence-corrected chi connectivity index (χ4v) is 3.12. The molecule has 2 heteroatoms. The van der Waals surface area contributed by atoms with Gasteiger partial charge in [-0.3, -0.25) is 9.69 Å². The zero-order chi connectivity index (χ0) is 11.0. The largest absolute Gasteiger partial charge is 0.293 e. The molecule has 0 amide bonds. The van der Waals surface area contributed by atoms with Crippen LogP contribution in [0.3, 0.4) is 0 Å². The van der Waals surface area contributed by atoms with Gasteiger partial charge in [-0.15, -0.1) is 0 Å². The summed E-state index contributed by atoms with van der Waals surface area (Å²) in [5.74, 6) is 1.14. The third kappa shape index (κ3) is 1.78. The fourth-order valence-electron chi connectivity index (χ4n) is 3.12. The van der Waals surface area contributed by atoms with Crippen molar-refractivity contribution in [3.05, 3.63) is 35.9 Å². The van der Waals surface area contributed by atoms with Crippen molar-refractivity contribution < 1.29 is 4.79 Å². The van der Waals surface area contributed by atoms with Gasteiger partial charge in [-0.2, -0.15) is 0 Å². The predicted molar refractivity (Wildman–Crippen MR) is 63.5 cm³/mol. The van der Waals surface area contributed by atoms with Gasteiger partial charge in [0.15, 0.2) is 5.78 Å². The van der Waals surface area contributed by atoms with Crippen molar-refractivity contribution in [2.75, 3.05) is 13.1 Å². The number of benzene rings is 1. The number of carbonyl (C=O) groups excluding carboxylic acids is 1. The Balaban J connectivity index is 1.65. The molecule has 2 atom stereocenters. The molecule has 0 radical (unpaired) electrons. The Morgan fingerprint density at radius 1 is 1.25 bits per heavy atom. The number of likely N-dealkylation sites (tertiary alicyclic amines) is 1. The average molecular weight is 215 g/mol. The third-order valence-electron chi connectivity index (χ3n) is 3.97. The first-order valence-corrected chi connectivity index (χ1v) is 6.15. The Morgan fingerprint density at radius 2 is 2.06 bits per heavy atom. The standard InChI is InChI=1S/C14H17NO/c16-14(12-4-2-1-3-5-12)10-15-9-11-6-7-13(15)8-11/h1-5,11,13H,6-10H2. The highest BCUT2D eigenvalue weighted by Gasteiger charge is 2.38. The normalized spacial score (nSPS) is 28.5. The number of carbonyl (C=O) groups is 1. The van der Waals surface area contributed by atoms with Crippen LogP contribution >= 0.6 is 0 Å². The van der Waals surface area contributed by atoms with Crippen LogP contribution in [0.1, 0.15) is 29.6 Å². The summed E-state index contributed by atoms with van der Waals surface area (Å²) in [5.41, 5.74) is 0.852. The second-order valence-electron chi connectivity index (χ2n) is 5.05. The molecule has 0 N–H and O–H groups in total. The van der Waals surface area contributed by atoms with Crippen LogP contribution in [0.5, 0.6) is 0 Å². The number of rotatable bonds is 3. The zero-order valence-electron chi connectivity index (χ0n) is 9.43. The van der Waals surface area contributed by atoms with Crippen LogP contribution in [0.2, 0.25) is 0 Å². The lowest BCUT2D eigenvalue weighted by Crippen LogP contribution is -2.36. The van der Waals surface area contributed by atoms with Gasteiger partial charge in [-0.1, -0.05) is 30.3 Å². The maximum absolute atomic E-state index is 12.0. The maximum atomic E-state index is 12.0. The van der Waals surface area contributed by atoms with Crippen LogP contribution in [0.25, 0.3) is 0 Å². The number of hydrogen-bond donors (Lipinski definition) is 0. The molecule has 1 saturated carbocycles. The molecule has 1 aromatic carbocycles. The average Bonchev–Trinajstić information content (AvgIpc) is 2.92. The molecule has 1 aliphatic heterocycles.